The summed E-state index contributed by atoms with van der Waals surface area (Å²) < 4.78 is 3.02. The first-order valence-corrected chi connectivity index (χ1v) is 11.6. The minimum absolute atomic E-state index is 0.137. The van der Waals surface area contributed by atoms with Crippen molar-refractivity contribution in [3.63, 3.8) is 0 Å². The van der Waals surface area contributed by atoms with Gasteiger partial charge in [-0.25, -0.2) is 24.7 Å². The Balaban J connectivity index is 0.000000216. The van der Waals surface area contributed by atoms with Crippen LogP contribution in [-0.4, -0.2) is 35.5 Å². The summed E-state index contributed by atoms with van der Waals surface area (Å²) in [6.45, 7) is 8.38. The average Bonchev–Trinajstić information content (AvgIpc) is 3.05. The molecule has 0 saturated carbocycles. The zero-order valence-electron chi connectivity index (χ0n) is 17.6. The van der Waals surface area contributed by atoms with Gasteiger partial charge in [0.05, 0.1) is 12.4 Å². The maximum Gasteiger partial charge on any atom is 0.329 e. The number of nitrogens with one attached hydrogen (secondary N) is 2. The molecule has 0 bridgehead atoms. The molecule has 0 amide bonds. The third kappa shape index (κ3) is 6.00. The molecule has 164 valence electrons. The van der Waals surface area contributed by atoms with Crippen LogP contribution in [0.1, 0.15) is 59.4 Å². The first-order chi connectivity index (χ1) is 14.3. The number of imidazole rings is 1. The molecule has 0 spiro atoms. The van der Waals surface area contributed by atoms with Gasteiger partial charge in [-0.1, -0.05) is 27.7 Å². The van der Waals surface area contributed by atoms with Gasteiger partial charge in [0.15, 0.2) is 22.9 Å². The van der Waals surface area contributed by atoms with Crippen LogP contribution in [0.4, 0.5) is 11.6 Å². The Morgan fingerprint density at radius 3 is 2.23 bits per heavy atom. The van der Waals surface area contributed by atoms with E-state index >= 15 is 0 Å². The summed E-state index contributed by atoms with van der Waals surface area (Å²) in [5.41, 5.74) is 6.71. The predicted molar refractivity (Wildman–Crippen MR) is 128 cm³/mol. The second-order valence-electron chi connectivity index (χ2n) is 6.72. The molecule has 0 saturated heterocycles. The Hall–Kier alpha value is -2.01. The van der Waals surface area contributed by atoms with Crippen molar-refractivity contribution in [2.75, 3.05) is 11.1 Å². The normalized spacial score (nSPS) is 11.1. The van der Waals surface area contributed by atoms with Crippen molar-refractivity contribution in [1.29, 1.82) is 0 Å². The Bertz CT molecular complexity index is 1010. The molecular formula is C19H28Br2N8O. The van der Waals surface area contributed by atoms with E-state index in [9.17, 15) is 4.79 Å². The number of aromatic amines is 1. The van der Waals surface area contributed by atoms with E-state index in [1.807, 2.05) is 0 Å². The van der Waals surface area contributed by atoms with E-state index in [1.54, 1.807) is 17.0 Å². The molecule has 0 aromatic carbocycles. The summed E-state index contributed by atoms with van der Waals surface area (Å²) in [7, 11) is 0. The van der Waals surface area contributed by atoms with E-state index in [2.05, 4.69) is 89.8 Å². The predicted octanol–water partition coefficient (Wildman–Crippen LogP) is 4.67. The second kappa shape index (κ2) is 11.4. The molecule has 9 nitrogen and oxygen atoms in total. The van der Waals surface area contributed by atoms with Gasteiger partial charge in [0.1, 0.15) is 9.21 Å². The smallest absolute Gasteiger partial charge is 0.329 e. The van der Waals surface area contributed by atoms with E-state index in [1.165, 1.54) is 0 Å². The number of nitrogens with zero attached hydrogens (tertiary/aromatic N) is 5. The highest BCUT2D eigenvalue weighted by Crippen LogP contribution is 2.19. The topological polar surface area (TPSA) is 127 Å². The largest absolute Gasteiger partial charge is 0.381 e. The van der Waals surface area contributed by atoms with Crippen LogP contribution in [0.3, 0.4) is 0 Å². The van der Waals surface area contributed by atoms with Crippen LogP contribution in [-0.2, 0) is 0 Å². The molecule has 3 aromatic heterocycles. The van der Waals surface area contributed by atoms with Crippen LogP contribution in [0.15, 0.2) is 26.4 Å². The van der Waals surface area contributed by atoms with Crippen LogP contribution >= 0.6 is 31.9 Å². The van der Waals surface area contributed by atoms with Gasteiger partial charge in [-0.05, 0) is 57.5 Å². The number of anilines is 2. The Morgan fingerprint density at radius 2 is 1.63 bits per heavy atom. The lowest BCUT2D eigenvalue weighted by Gasteiger charge is -2.16. The maximum absolute atomic E-state index is 11.8. The third-order valence-electron chi connectivity index (χ3n) is 4.80. The van der Waals surface area contributed by atoms with Crippen molar-refractivity contribution >= 4 is 54.8 Å². The SMILES string of the molecule is CCC(CC)Nc1nc(Br)cnc1N.CCC(CC)n1c(=O)[nH]c2ncc(Br)nc21. The minimum Gasteiger partial charge on any atom is -0.381 e. The molecule has 0 aliphatic carbocycles. The molecule has 0 aliphatic rings. The van der Waals surface area contributed by atoms with Crippen molar-refractivity contribution in [2.45, 2.75) is 65.5 Å². The number of aromatic nitrogens is 6. The first kappa shape index (κ1) is 24.3. The number of hydrogen-bond acceptors (Lipinski definition) is 7. The highest BCUT2D eigenvalue weighted by molar-refractivity contribution is 9.10. The molecule has 0 atom stereocenters. The van der Waals surface area contributed by atoms with E-state index < -0.39 is 0 Å². The van der Waals surface area contributed by atoms with E-state index in [4.69, 9.17) is 5.73 Å². The molecule has 30 heavy (non-hydrogen) atoms. The molecular weight excluding hydrogens is 516 g/mol. The second-order valence-corrected chi connectivity index (χ2v) is 8.34. The standard InChI is InChI=1S/C10H13BrN4O.C9H15BrN4/c1-3-6(4-2)15-9-8(14-10(15)16)12-5-7(11)13-9;1-3-6(4-2)13-9-8(11)12-5-7(10)14-9/h5-6H,3-4H2,1-2H3,(H,12,14,16);5-6H,3-4H2,1-2H3,(H2,11,12)(H,13,14). The molecule has 3 rings (SSSR count). The first-order valence-electron chi connectivity index (χ1n) is 10.0. The number of hydrogen-bond donors (Lipinski definition) is 3. The van der Waals surface area contributed by atoms with Crippen LogP contribution < -0.4 is 16.7 Å². The van der Waals surface area contributed by atoms with Gasteiger partial charge in [-0.2, -0.15) is 0 Å². The molecule has 0 aliphatic heterocycles. The van der Waals surface area contributed by atoms with Crippen molar-refractivity contribution in [2.24, 2.45) is 0 Å². The van der Waals surface area contributed by atoms with Crippen molar-refractivity contribution in [3.8, 4) is 0 Å². The van der Waals surface area contributed by atoms with Crippen LogP contribution in [0.25, 0.3) is 11.3 Å². The summed E-state index contributed by atoms with van der Waals surface area (Å²) in [6.07, 6.45) is 7.06. The highest BCUT2D eigenvalue weighted by atomic mass is 79.9. The maximum atomic E-state index is 11.8. The van der Waals surface area contributed by atoms with Gasteiger partial charge in [-0.3, -0.25) is 9.55 Å². The lowest BCUT2D eigenvalue weighted by atomic mass is 10.2. The summed E-state index contributed by atoms with van der Waals surface area (Å²) in [5.74, 6) is 1.10. The van der Waals surface area contributed by atoms with Crippen molar-refractivity contribution in [1.82, 2.24) is 29.5 Å². The van der Waals surface area contributed by atoms with Crippen molar-refractivity contribution in [3.05, 3.63) is 32.1 Å². The Morgan fingerprint density at radius 1 is 1.03 bits per heavy atom. The fourth-order valence-electron chi connectivity index (χ4n) is 3.03. The van der Waals surface area contributed by atoms with Gasteiger partial charge in [0, 0.05) is 12.1 Å². The number of fused-ring (bicyclic) bond motifs is 1. The Kier molecular flexibility index (Phi) is 9.22. The minimum atomic E-state index is -0.137. The number of nitrogen functional groups attached to an aromatic ring is 1. The fraction of sp³-hybridized carbons (Fsp3) is 0.526. The monoisotopic (exact) mass is 542 g/mol. The summed E-state index contributed by atoms with van der Waals surface area (Å²) >= 11 is 6.53. The number of nitrogens with two attached hydrogens (primary N) is 1. The number of halogens is 2. The number of rotatable bonds is 7. The third-order valence-corrected chi connectivity index (χ3v) is 5.57. The molecule has 0 radical (unpaired) electrons. The van der Waals surface area contributed by atoms with Gasteiger partial charge >= 0.3 is 5.69 Å². The highest BCUT2D eigenvalue weighted by Gasteiger charge is 2.16. The van der Waals surface area contributed by atoms with E-state index in [0.29, 0.717) is 38.2 Å². The molecule has 11 heteroatoms. The van der Waals surface area contributed by atoms with Crippen LogP contribution in [0.5, 0.6) is 0 Å². The van der Waals surface area contributed by atoms with Crippen LogP contribution in [0.2, 0.25) is 0 Å². The fourth-order valence-corrected chi connectivity index (χ4v) is 3.58. The Labute approximate surface area is 192 Å². The molecule has 3 heterocycles. The quantitative estimate of drug-likeness (QED) is 0.395. The van der Waals surface area contributed by atoms with E-state index in [-0.39, 0.29) is 11.7 Å². The van der Waals surface area contributed by atoms with Gasteiger partial charge < -0.3 is 11.1 Å². The zero-order valence-corrected chi connectivity index (χ0v) is 20.8. The molecule has 4 N–H and O–H groups in total. The zero-order chi connectivity index (χ0) is 22.3. The molecule has 0 unspecified atom stereocenters. The number of H-pyrrole nitrogens is 1. The van der Waals surface area contributed by atoms with Gasteiger partial charge in [-0.15, -0.1) is 0 Å². The van der Waals surface area contributed by atoms with Gasteiger partial charge in [0.2, 0.25) is 0 Å². The molecule has 3 aromatic rings. The molecule has 0 fully saturated rings. The van der Waals surface area contributed by atoms with Crippen LogP contribution in [0, 0.1) is 0 Å². The average molecular weight is 544 g/mol. The lowest BCUT2D eigenvalue weighted by Crippen LogP contribution is -2.21. The van der Waals surface area contributed by atoms with Gasteiger partial charge in [0.25, 0.3) is 0 Å². The summed E-state index contributed by atoms with van der Waals surface area (Å²) in [4.78, 5) is 31.2. The van der Waals surface area contributed by atoms with Crippen molar-refractivity contribution < 1.29 is 0 Å². The lowest BCUT2D eigenvalue weighted by molar-refractivity contribution is 0.469. The van der Waals surface area contributed by atoms with E-state index in [0.717, 1.165) is 25.7 Å². The summed E-state index contributed by atoms with van der Waals surface area (Å²) in [5, 5.41) is 3.26. The summed E-state index contributed by atoms with van der Waals surface area (Å²) in [6, 6.07) is 0.575.